The van der Waals surface area contributed by atoms with Gasteiger partial charge in [0.25, 0.3) is 5.91 Å². The maximum atomic E-state index is 13.7. The molecule has 8 heteroatoms. The molecule has 0 atom stereocenters. The highest BCUT2D eigenvalue weighted by molar-refractivity contribution is 8.20. The maximum absolute atomic E-state index is 13.7. The number of rotatable bonds is 3. The fourth-order valence-electron chi connectivity index (χ4n) is 3.57. The molecule has 3 aromatic carbocycles. The Morgan fingerprint density at radius 1 is 1.00 bits per heavy atom. The molecule has 1 amide bonds. The van der Waals surface area contributed by atoms with Crippen LogP contribution in [-0.4, -0.2) is 17.6 Å². The maximum Gasteiger partial charge on any atom is 0.274 e. The minimum Gasteiger partial charge on any atom is -0.334 e. The van der Waals surface area contributed by atoms with Crippen LogP contribution in [0.25, 0.3) is 0 Å². The Hall–Kier alpha value is -2.74. The summed E-state index contributed by atoms with van der Waals surface area (Å²) in [6.07, 6.45) is 0. The predicted molar refractivity (Wildman–Crippen MR) is 132 cm³/mol. The number of para-hydroxylation sites is 1. The molecule has 160 valence electrons. The molecule has 0 spiro atoms. The van der Waals surface area contributed by atoms with Crippen LogP contribution in [0.4, 0.5) is 21.5 Å². The van der Waals surface area contributed by atoms with E-state index in [0.717, 1.165) is 22.2 Å². The Balaban J connectivity index is 1.63. The quantitative estimate of drug-likeness (QED) is 0.375. The molecule has 2 aliphatic heterocycles. The Morgan fingerprint density at radius 2 is 1.78 bits per heavy atom. The average molecular weight is 482 g/mol. The number of amidine groups is 1. The summed E-state index contributed by atoms with van der Waals surface area (Å²) in [5.74, 6) is -0.546. The molecule has 3 aromatic rings. The highest BCUT2D eigenvalue weighted by Gasteiger charge is 2.40. The van der Waals surface area contributed by atoms with Gasteiger partial charge in [0.1, 0.15) is 15.8 Å². The zero-order chi connectivity index (χ0) is 22.2. The van der Waals surface area contributed by atoms with Gasteiger partial charge in [-0.25, -0.2) is 9.38 Å². The monoisotopic (exact) mass is 481 g/mol. The number of anilines is 2. The highest BCUT2D eigenvalue weighted by atomic mass is 35.5. The van der Waals surface area contributed by atoms with E-state index in [1.165, 1.54) is 28.8 Å². The lowest BCUT2D eigenvalue weighted by Gasteiger charge is -2.19. The molecular formula is C24H17ClFN3OS2. The summed E-state index contributed by atoms with van der Waals surface area (Å²) in [4.78, 5) is 23.8. The largest absolute Gasteiger partial charge is 0.334 e. The van der Waals surface area contributed by atoms with Gasteiger partial charge in [-0.05, 0) is 73.3 Å². The second-order valence-corrected chi connectivity index (χ2v) is 9.49. The van der Waals surface area contributed by atoms with E-state index in [9.17, 15) is 9.18 Å². The molecule has 0 saturated carbocycles. The Labute approximate surface area is 198 Å². The van der Waals surface area contributed by atoms with Gasteiger partial charge in [-0.15, -0.1) is 0 Å². The van der Waals surface area contributed by atoms with Crippen LogP contribution in [0, 0.1) is 5.82 Å². The summed E-state index contributed by atoms with van der Waals surface area (Å²) in [5, 5.41) is 1.94. The first-order valence-corrected chi connectivity index (χ1v) is 12.0. The van der Waals surface area contributed by atoms with Crippen molar-refractivity contribution in [3.63, 3.8) is 0 Å². The van der Waals surface area contributed by atoms with Crippen molar-refractivity contribution in [2.24, 2.45) is 4.99 Å². The first-order valence-electron chi connectivity index (χ1n) is 9.96. The third kappa shape index (κ3) is 3.81. The second-order valence-electron chi connectivity index (χ2n) is 7.04. The van der Waals surface area contributed by atoms with Crippen LogP contribution in [0.15, 0.2) is 92.6 Å². The molecule has 0 radical (unpaired) electrons. The number of hydrogen-bond acceptors (Lipinski definition) is 5. The van der Waals surface area contributed by atoms with Gasteiger partial charge in [-0.3, -0.25) is 9.69 Å². The lowest BCUT2D eigenvalue weighted by atomic mass is 10.2. The van der Waals surface area contributed by atoms with Crippen molar-refractivity contribution in [3.05, 3.63) is 93.6 Å². The number of halogens is 2. The molecular weight excluding hydrogens is 465 g/mol. The summed E-state index contributed by atoms with van der Waals surface area (Å²) in [5.41, 5.74) is 2.29. The lowest BCUT2D eigenvalue weighted by molar-refractivity contribution is -0.113. The van der Waals surface area contributed by atoms with E-state index in [0.29, 0.717) is 26.5 Å². The zero-order valence-corrected chi connectivity index (χ0v) is 19.3. The predicted octanol–water partition coefficient (Wildman–Crippen LogP) is 7.05. The highest BCUT2D eigenvalue weighted by Crippen LogP contribution is 2.51. The minimum absolute atomic E-state index is 0.184. The Bertz CT molecular complexity index is 1280. The van der Waals surface area contributed by atoms with E-state index in [-0.39, 0.29) is 11.7 Å². The van der Waals surface area contributed by atoms with Crippen molar-refractivity contribution in [3.8, 4) is 0 Å². The number of aliphatic imine (C=N–C) groups is 1. The standard InChI is InChI=1S/C24H17ClFN3OS2/c1-2-28-19-8-3-4-9-20(19)31-23(28)21-22(30)29(18-12-10-16(26)11-13-18)24(32-21)27-17-7-5-6-15(25)14-17/h3-14H,2H2,1H3. The Morgan fingerprint density at radius 3 is 2.53 bits per heavy atom. The third-order valence-electron chi connectivity index (χ3n) is 5.02. The van der Waals surface area contributed by atoms with Gasteiger partial charge in [0.05, 0.1) is 17.1 Å². The molecule has 4 nitrogen and oxygen atoms in total. The fraction of sp³-hybridized carbons (Fsp3) is 0.0833. The zero-order valence-electron chi connectivity index (χ0n) is 17.0. The molecule has 0 aromatic heterocycles. The summed E-state index contributed by atoms with van der Waals surface area (Å²) in [6.45, 7) is 2.79. The topological polar surface area (TPSA) is 35.9 Å². The number of benzene rings is 3. The summed E-state index contributed by atoms with van der Waals surface area (Å²) in [6, 6.07) is 21.1. The number of amides is 1. The van der Waals surface area contributed by atoms with E-state index < -0.39 is 0 Å². The normalized spacial score (nSPS) is 19.2. The molecule has 0 unspecified atom stereocenters. The second kappa shape index (κ2) is 8.65. The van der Waals surface area contributed by atoms with Gasteiger partial charge >= 0.3 is 0 Å². The van der Waals surface area contributed by atoms with Crippen molar-refractivity contribution in [1.29, 1.82) is 0 Å². The number of thioether (sulfide) groups is 2. The van der Waals surface area contributed by atoms with Crippen LogP contribution in [0.1, 0.15) is 6.92 Å². The van der Waals surface area contributed by atoms with Crippen LogP contribution in [0.3, 0.4) is 0 Å². The molecule has 5 rings (SSSR count). The molecule has 0 N–H and O–H groups in total. The molecule has 2 aliphatic rings. The smallest absolute Gasteiger partial charge is 0.274 e. The van der Waals surface area contributed by atoms with Gasteiger partial charge < -0.3 is 4.90 Å². The SMILES string of the molecule is CCN1C(=C2SC(=Nc3cccc(Cl)c3)N(c3ccc(F)cc3)C2=O)Sc2ccccc21. The van der Waals surface area contributed by atoms with Crippen molar-refractivity contribution in [2.75, 3.05) is 16.3 Å². The van der Waals surface area contributed by atoms with Crippen LogP contribution in [-0.2, 0) is 4.79 Å². The first kappa shape index (κ1) is 21.1. The van der Waals surface area contributed by atoms with E-state index in [1.807, 2.05) is 24.3 Å². The number of fused-ring (bicyclic) bond motifs is 1. The fourth-order valence-corrected chi connectivity index (χ4v) is 6.15. The van der Waals surface area contributed by atoms with Crippen molar-refractivity contribution < 1.29 is 9.18 Å². The van der Waals surface area contributed by atoms with Crippen LogP contribution < -0.4 is 9.80 Å². The van der Waals surface area contributed by atoms with Crippen LogP contribution in [0.2, 0.25) is 5.02 Å². The van der Waals surface area contributed by atoms with Gasteiger partial charge in [0, 0.05) is 16.5 Å². The molecule has 0 aliphatic carbocycles. The number of carbonyl (C=O) groups is 1. The van der Waals surface area contributed by atoms with Gasteiger partial charge in [0.15, 0.2) is 5.17 Å². The van der Waals surface area contributed by atoms with Gasteiger partial charge in [0.2, 0.25) is 0 Å². The molecule has 32 heavy (non-hydrogen) atoms. The van der Waals surface area contributed by atoms with Crippen molar-refractivity contribution in [2.45, 2.75) is 11.8 Å². The van der Waals surface area contributed by atoms with E-state index in [2.05, 4.69) is 24.0 Å². The van der Waals surface area contributed by atoms with Crippen molar-refractivity contribution >= 4 is 63.3 Å². The average Bonchev–Trinajstić information content (AvgIpc) is 3.31. The molecule has 2 heterocycles. The van der Waals surface area contributed by atoms with Crippen LogP contribution in [0.5, 0.6) is 0 Å². The Kier molecular flexibility index (Phi) is 5.71. The number of hydrogen-bond donors (Lipinski definition) is 0. The molecule has 1 saturated heterocycles. The van der Waals surface area contributed by atoms with E-state index in [1.54, 1.807) is 36.0 Å². The first-order chi connectivity index (χ1) is 15.5. The van der Waals surface area contributed by atoms with E-state index >= 15 is 0 Å². The van der Waals surface area contributed by atoms with E-state index in [4.69, 9.17) is 16.6 Å². The van der Waals surface area contributed by atoms with Crippen LogP contribution >= 0.6 is 35.1 Å². The minimum atomic E-state index is -0.362. The third-order valence-corrected chi connectivity index (χ3v) is 7.59. The summed E-state index contributed by atoms with van der Waals surface area (Å²) >= 11 is 9.04. The van der Waals surface area contributed by atoms with Gasteiger partial charge in [-0.1, -0.05) is 41.6 Å². The van der Waals surface area contributed by atoms with Gasteiger partial charge in [-0.2, -0.15) is 0 Å². The number of carbonyl (C=O) groups excluding carboxylic acids is 1. The molecule has 0 bridgehead atoms. The lowest BCUT2D eigenvalue weighted by Crippen LogP contribution is -2.29. The number of nitrogens with zero attached hydrogens (tertiary/aromatic N) is 3. The summed E-state index contributed by atoms with van der Waals surface area (Å²) in [7, 11) is 0. The summed E-state index contributed by atoms with van der Waals surface area (Å²) < 4.78 is 13.6. The van der Waals surface area contributed by atoms with Crippen molar-refractivity contribution in [1.82, 2.24) is 0 Å². The molecule has 1 fully saturated rings.